The van der Waals surface area contributed by atoms with Gasteiger partial charge in [0, 0.05) is 19.3 Å². The molecule has 220 valence electrons. The van der Waals surface area contributed by atoms with E-state index in [0.29, 0.717) is 0 Å². The molecule has 1 aromatic heterocycles. The number of nitrogens with zero attached hydrogens (tertiary/aromatic N) is 3. The molecular formula is C31H42N6O4. The number of aromatic nitrogens is 2. The lowest BCUT2D eigenvalue weighted by Crippen LogP contribution is -2.56. The number of ether oxygens (including phenoxy) is 1. The van der Waals surface area contributed by atoms with E-state index in [0.717, 1.165) is 42.6 Å². The molecule has 0 radical (unpaired) electrons. The molecule has 10 heteroatoms. The van der Waals surface area contributed by atoms with E-state index < -0.39 is 29.4 Å². The maximum Gasteiger partial charge on any atom is 0.250 e. The number of nitrogens with two attached hydrogens (primary N) is 1. The Morgan fingerprint density at radius 2 is 1.78 bits per heavy atom. The van der Waals surface area contributed by atoms with E-state index in [1.54, 1.807) is 30.9 Å². The summed E-state index contributed by atoms with van der Waals surface area (Å²) >= 11 is 0. The predicted molar refractivity (Wildman–Crippen MR) is 159 cm³/mol. The Bertz CT molecular complexity index is 1310. The van der Waals surface area contributed by atoms with Gasteiger partial charge in [0.05, 0.1) is 25.1 Å². The van der Waals surface area contributed by atoms with Crippen LogP contribution in [0.5, 0.6) is 0 Å². The number of imidazole rings is 1. The van der Waals surface area contributed by atoms with Gasteiger partial charge in [0.25, 0.3) is 5.91 Å². The molecule has 0 spiro atoms. The predicted octanol–water partition coefficient (Wildman–Crippen LogP) is 3.42. The molecule has 0 bridgehead atoms. The second-order valence-corrected chi connectivity index (χ2v) is 10.8. The number of carbonyl (C=O) groups excluding carboxylic acids is 3. The molecule has 10 nitrogen and oxygen atoms in total. The summed E-state index contributed by atoms with van der Waals surface area (Å²) < 4.78 is 7.48. The van der Waals surface area contributed by atoms with E-state index in [1.165, 1.54) is 0 Å². The molecular weight excluding hydrogens is 520 g/mol. The van der Waals surface area contributed by atoms with Crippen LogP contribution in [0, 0.1) is 6.92 Å². The average Bonchev–Trinajstić information content (AvgIpc) is 3.61. The quantitative estimate of drug-likeness (QED) is 0.328. The molecule has 1 aliphatic heterocycles. The van der Waals surface area contributed by atoms with E-state index in [2.05, 4.69) is 15.6 Å². The summed E-state index contributed by atoms with van der Waals surface area (Å²) in [4.78, 5) is 45.7. The molecule has 41 heavy (non-hydrogen) atoms. The van der Waals surface area contributed by atoms with Crippen molar-refractivity contribution in [1.82, 2.24) is 19.8 Å². The van der Waals surface area contributed by atoms with Crippen LogP contribution in [0.3, 0.4) is 0 Å². The molecule has 2 aromatic carbocycles. The third kappa shape index (κ3) is 8.48. The average molecular weight is 563 g/mol. The van der Waals surface area contributed by atoms with Crippen LogP contribution >= 0.6 is 0 Å². The molecule has 4 rings (SSSR count). The van der Waals surface area contributed by atoms with Crippen molar-refractivity contribution in [2.24, 2.45) is 5.73 Å². The Morgan fingerprint density at radius 3 is 2.44 bits per heavy atom. The second-order valence-electron chi connectivity index (χ2n) is 10.8. The summed E-state index contributed by atoms with van der Waals surface area (Å²) in [5.74, 6) is -0.750. The van der Waals surface area contributed by atoms with Gasteiger partial charge in [-0.2, -0.15) is 0 Å². The van der Waals surface area contributed by atoms with Gasteiger partial charge in [0.2, 0.25) is 11.8 Å². The van der Waals surface area contributed by atoms with E-state index in [4.69, 9.17) is 10.5 Å². The van der Waals surface area contributed by atoms with Gasteiger partial charge in [-0.1, -0.05) is 67.6 Å². The van der Waals surface area contributed by atoms with Gasteiger partial charge in [-0.3, -0.25) is 14.4 Å². The maximum atomic E-state index is 13.6. The van der Waals surface area contributed by atoms with Crippen LogP contribution in [0.15, 0.2) is 67.1 Å². The van der Waals surface area contributed by atoms with Crippen molar-refractivity contribution in [3.8, 4) is 0 Å². The zero-order chi connectivity index (χ0) is 28.7. The topological polar surface area (TPSA) is 132 Å². The lowest BCUT2D eigenvalue weighted by molar-refractivity contribution is -0.132. The number of hydrogen-bond acceptors (Lipinski definition) is 6. The number of amides is 3. The van der Waals surface area contributed by atoms with Crippen LogP contribution in [0.25, 0.3) is 0 Å². The summed E-state index contributed by atoms with van der Waals surface area (Å²) in [7, 11) is 0. The minimum atomic E-state index is -1.18. The van der Waals surface area contributed by atoms with Gasteiger partial charge in [0.15, 0.2) is 5.82 Å². The van der Waals surface area contributed by atoms with Crippen molar-refractivity contribution in [2.75, 3.05) is 25.0 Å². The molecule has 0 saturated carbocycles. The number of aryl methyl sites for hydroxylation is 1. The van der Waals surface area contributed by atoms with Gasteiger partial charge in [0.1, 0.15) is 12.1 Å². The van der Waals surface area contributed by atoms with Crippen molar-refractivity contribution >= 4 is 23.5 Å². The Balaban J connectivity index is 0.00000462. The lowest BCUT2D eigenvalue weighted by Gasteiger charge is -2.25. The van der Waals surface area contributed by atoms with Crippen molar-refractivity contribution in [3.05, 3.63) is 83.8 Å². The number of benzene rings is 2. The number of nitrogens with one attached hydrogen (secondary N) is 2. The van der Waals surface area contributed by atoms with Gasteiger partial charge in [-0.25, -0.2) is 4.98 Å². The van der Waals surface area contributed by atoms with Gasteiger partial charge < -0.3 is 30.6 Å². The highest BCUT2D eigenvalue weighted by molar-refractivity contribution is 5.98. The van der Waals surface area contributed by atoms with Crippen molar-refractivity contribution < 1.29 is 19.1 Å². The summed E-state index contributed by atoms with van der Waals surface area (Å²) in [6.45, 7) is 6.76. The third-order valence-electron chi connectivity index (χ3n) is 6.76. The normalized spacial score (nSPS) is 14.6. The molecule has 1 fully saturated rings. The van der Waals surface area contributed by atoms with Crippen molar-refractivity contribution in [3.63, 3.8) is 0 Å². The molecule has 4 N–H and O–H groups in total. The number of carbonyl (C=O) groups is 3. The number of rotatable bonds is 11. The molecule has 2 unspecified atom stereocenters. The third-order valence-corrected chi connectivity index (χ3v) is 6.76. The summed E-state index contributed by atoms with van der Waals surface area (Å²) in [5.41, 5.74) is 7.59. The Hall–Kier alpha value is -4.02. The first-order chi connectivity index (χ1) is 19.1. The highest BCUT2D eigenvalue weighted by Crippen LogP contribution is 2.25. The first-order valence-electron chi connectivity index (χ1n) is 13.5. The van der Waals surface area contributed by atoms with E-state index in [-0.39, 0.29) is 32.4 Å². The molecule has 3 aromatic rings. The number of hydrogen-bond donors (Lipinski definition) is 3. The minimum absolute atomic E-state index is 0. The summed E-state index contributed by atoms with van der Waals surface area (Å²) in [6, 6.07) is 15.7. The molecule has 2 atom stereocenters. The van der Waals surface area contributed by atoms with Gasteiger partial charge >= 0.3 is 0 Å². The Labute approximate surface area is 242 Å². The monoisotopic (exact) mass is 562 g/mol. The second kappa shape index (κ2) is 14.0. The first kappa shape index (κ1) is 31.5. The molecule has 0 aliphatic carbocycles. The van der Waals surface area contributed by atoms with Crippen LogP contribution in [0.2, 0.25) is 0 Å². The van der Waals surface area contributed by atoms with Gasteiger partial charge in [-0.15, -0.1) is 0 Å². The van der Waals surface area contributed by atoms with Crippen LogP contribution < -0.4 is 16.4 Å². The number of anilines is 1. The van der Waals surface area contributed by atoms with Crippen LogP contribution in [0.4, 0.5) is 5.82 Å². The lowest BCUT2D eigenvalue weighted by atomic mass is 10.0. The molecule has 1 saturated heterocycles. The molecule has 2 heterocycles. The summed E-state index contributed by atoms with van der Waals surface area (Å²) in [6.07, 6.45) is 5.14. The summed E-state index contributed by atoms with van der Waals surface area (Å²) in [5, 5.41) is 5.45. The largest absolute Gasteiger partial charge is 0.374 e. The maximum absolute atomic E-state index is 13.6. The highest BCUT2D eigenvalue weighted by Gasteiger charge is 2.31. The molecule has 1 aliphatic rings. The zero-order valence-corrected chi connectivity index (χ0v) is 23.3. The van der Waals surface area contributed by atoms with E-state index in [9.17, 15) is 14.4 Å². The van der Waals surface area contributed by atoms with Crippen molar-refractivity contribution in [1.29, 1.82) is 0 Å². The fraction of sp³-hybridized carbons (Fsp3) is 0.419. The fourth-order valence-corrected chi connectivity index (χ4v) is 4.54. The van der Waals surface area contributed by atoms with Crippen LogP contribution in [-0.2, 0) is 25.7 Å². The van der Waals surface area contributed by atoms with Crippen LogP contribution in [-0.4, -0.2) is 63.4 Å². The number of likely N-dealkylation sites (tertiary alicyclic amines) is 1. The van der Waals surface area contributed by atoms with E-state index in [1.807, 2.05) is 66.4 Å². The fourth-order valence-electron chi connectivity index (χ4n) is 4.54. The zero-order valence-electron chi connectivity index (χ0n) is 23.3. The molecule has 3 amide bonds. The Morgan fingerprint density at radius 1 is 1.07 bits per heavy atom. The van der Waals surface area contributed by atoms with Gasteiger partial charge in [-0.05, 0) is 44.7 Å². The highest BCUT2D eigenvalue weighted by atomic mass is 16.5. The smallest absolute Gasteiger partial charge is 0.250 e. The van der Waals surface area contributed by atoms with Crippen LogP contribution in [0.1, 0.15) is 56.8 Å². The standard InChI is InChI=1S/C30H38N6O4.CH4/c1-21-10-9-13-23(16-21)26(28(38)35-14-7-8-15-35)36-17-25(32-20-36)34-27(37)24(33-29(39)30(2,3)31)19-40-18-22-11-5-4-6-12-22;/h4-6,9-13,16-17,20,24,26H,7-8,14-15,18-19,31H2,1-3H3,(H,33,39)(H,34,37);1H4. The minimum Gasteiger partial charge on any atom is -0.374 e. The first-order valence-corrected chi connectivity index (χ1v) is 13.5. The van der Waals surface area contributed by atoms with Crippen molar-refractivity contribution in [2.45, 2.75) is 65.3 Å². The van der Waals surface area contributed by atoms with E-state index >= 15 is 0 Å². The Kier molecular flexibility index (Phi) is 10.8. The SMILES string of the molecule is C.Cc1cccc(C(C(=O)N2CCCC2)n2cnc(NC(=O)C(COCc3ccccc3)NC(=O)C(C)(C)N)c2)c1.